The molecule has 126 valence electrons. The molecule has 1 saturated carbocycles. The Labute approximate surface area is 144 Å². The lowest BCUT2D eigenvalue weighted by Crippen LogP contribution is -2.43. The summed E-state index contributed by atoms with van der Waals surface area (Å²) in [7, 11) is 0. The summed E-state index contributed by atoms with van der Waals surface area (Å²) in [6.07, 6.45) is 9.00. The number of rotatable bonds is 3. The van der Waals surface area contributed by atoms with E-state index in [1.807, 2.05) is 6.20 Å². The molecule has 1 saturated heterocycles. The Morgan fingerprint density at radius 2 is 2.00 bits per heavy atom. The van der Waals surface area contributed by atoms with Gasteiger partial charge in [0, 0.05) is 37.3 Å². The Hall–Kier alpha value is -0.780. The topological polar surface area (TPSA) is 75.0 Å². The van der Waals surface area contributed by atoms with Crippen molar-refractivity contribution in [1.82, 2.24) is 14.9 Å². The van der Waals surface area contributed by atoms with Gasteiger partial charge >= 0.3 is 0 Å². The Kier molecular flexibility index (Phi) is 7.66. The number of aromatic nitrogens is 2. The molecule has 2 fully saturated rings. The van der Waals surface area contributed by atoms with Gasteiger partial charge in [0.15, 0.2) is 0 Å². The van der Waals surface area contributed by atoms with Gasteiger partial charge in [0.25, 0.3) is 0 Å². The zero-order valence-corrected chi connectivity index (χ0v) is 14.4. The first-order valence-electron chi connectivity index (χ1n) is 7.77. The number of piperidine rings is 1. The quantitative estimate of drug-likeness (QED) is 0.880. The molecular formula is C15H26Cl2N4O. The molecule has 0 bridgehead atoms. The molecule has 2 aliphatic rings. The zero-order chi connectivity index (χ0) is 13.9. The normalized spacial score (nSPS) is 25.4. The van der Waals surface area contributed by atoms with Crippen molar-refractivity contribution in [3.8, 4) is 0 Å². The average molecular weight is 349 g/mol. The van der Waals surface area contributed by atoms with E-state index in [2.05, 4.69) is 14.9 Å². The molecule has 22 heavy (non-hydrogen) atoms. The number of carbonyl (C=O) groups is 1. The third-order valence-corrected chi connectivity index (χ3v) is 4.99. The van der Waals surface area contributed by atoms with E-state index in [0.29, 0.717) is 24.3 Å². The standard InChI is InChI=1S/C15H24N4O.2ClH/c16-10-12-2-1-3-13(12)15(20)19-8-4-11(5-9-19)14-17-6-7-18-14;;/h6-7,11-13H,1-5,8-10,16H2,(H,17,18);2*1H/t12-,13-;;/m1../s1. The van der Waals surface area contributed by atoms with Gasteiger partial charge < -0.3 is 15.6 Å². The zero-order valence-electron chi connectivity index (χ0n) is 12.7. The molecule has 3 rings (SSSR count). The number of imidazole rings is 1. The Bertz CT molecular complexity index is 446. The third kappa shape index (κ3) is 3.94. The summed E-state index contributed by atoms with van der Waals surface area (Å²) in [6.45, 7) is 2.37. The lowest BCUT2D eigenvalue weighted by atomic mass is 9.91. The van der Waals surface area contributed by atoms with Crippen LogP contribution in [0.3, 0.4) is 0 Å². The molecule has 2 heterocycles. The number of likely N-dealkylation sites (tertiary alicyclic amines) is 1. The number of hydrogen-bond donors (Lipinski definition) is 2. The molecule has 1 aliphatic carbocycles. The molecular weight excluding hydrogens is 323 g/mol. The van der Waals surface area contributed by atoms with Crippen LogP contribution < -0.4 is 5.73 Å². The van der Waals surface area contributed by atoms with Crippen LogP contribution in [0.1, 0.15) is 43.8 Å². The summed E-state index contributed by atoms with van der Waals surface area (Å²) < 4.78 is 0. The van der Waals surface area contributed by atoms with E-state index in [0.717, 1.165) is 51.0 Å². The van der Waals surface area contributed by atoms with Gasteiger partial charge in [0.1, 0.15) is 5.82 Å². The molecule has 0 unspecified atom stereocenters. The first-order chi connectivity index (χ1) is 9.79. The summed E-state index contributed by atoms with van der Waals surface area (Å²) in [5, 5.41) is 0. The van der Waals surface area contributed by atoms with Crippen LogP contribution in [0.15, 0.2) is 12.4 Å². The van der Waals surface area contributed by atoms with Crippen molar-refractivity contribution in [3.63, 3.8) is 0 Å². The lowest BCUT2D eigenvalue weighted by Gasteiger charge is -2.34. The van der Waals surface area contributed by atoms with E-state index in [1.165, 1.54) is 0 Å². The van der Waals surface area contributed by atoms with Crippen molar-refractivity contribution in [3.05, 3.63) is 18.2 Å². The number of aromatic amines is 1. The van der Waals surface area contributed by atoms with Gasteiger partial charge in [-0.2, -0.15) is 0 Å². The minimum atomic E-state index is 0. The van der Waals surface area contributed by atoms with Crippen molar-refractivity contribution in [2.45, 2.75) is 38.0 Å². The molecule has 1 amide bonds. The minimum Gasteiger partial charge on any atom is -0.348 e. The molecule has 3 N–H and O–H groups in total. The second-order valence-corrected chi connectivity index (χ2v) is 6.11. The van der Waals surface area contributed by atoms with Crippen molar-refractivity contribution in [2.24, 2.45) is 17.6 Å². The maximum absolute atomic E-state index is 12.6. The van der Waals surface area contributed by atoms with Crippen molar-refractivity contribution in [1.29, 1.82) is 0 Å². The van der Waals surface area contributed by atoms with Gasteiger partial charge in [-0.15, -0.1) is 24.8 Å². The van der Waals surface area contributed by atoms with Crippen molar-refractivity contribution in [2.75, 3.05) is 19.6 Å². The third-order valence-electron chi connectivity index (χ3n) is 4.99. The smallest absolute Gasteiger partial charge is 0.226 e. The molecule has 5 nitrogen and oxygen atoms in total. The number of amides is 1. The fraction of sp³-hybridized carbons (Fsp3) is 0.733. The Balaban J connectivity index is 0.00000121. The number of hydrogen-bond acceptors (Lipinski definition) is 3. The molecule has 0 spiro atoms. The highest BCUT2D eigenvalue weighted by Gasteiger charge is 2.36. The predicted octanol–water partition coefficient (Wildman–Crippen LogP) is 2.33. The average Bonchev–Trinajstić information content (AvgIpc) is 3.17. The van der Waals surface area contributed by atoms with Crippen LogP contribution in [-0.4, -0.2) is 40.4 Å². The first-order valence-corrected chi connectivity index (χ1v) is 7.77. The number of carbonyl (C=O) groups excluding carboxylic acids is 1. The van der Waals surface area contributed by atoms with Crippen LogP contribution in [0.2, 0.25) is 0 Å². The largest absolute Gasteiger partial charge is 0.348 e. The molecule has 1 aliphatic heterocycles. The van der Waals surface area contributed by atoms with Crippen LogP contribution in [0, 0.1) is 11.8 Å². The highest BCUT2D eigenvalue weighted by atomic mass is 35.5. The fourth-order valence-electron chi connectivity index (χ4n) is 3.75. The van der Waals surface area contributed by atoms with Crippen molar-refractivity contribution >= 4 is 30.7 Å². The number of nitrogens with one attached hydrogen (secondary N) is 1. The van der Waals surface area contributed by atoms with Gasteiger partial charge in [-0.05, 0) is 38.1 Å². The second kappa shape index (κ2) is 8.75. The Morgan fingerprint density at radius 3 is 2.59 bits per heavy atom. The SMILES string of the molecule is Cl.Cl.NC[C@H]1CCC[C@H]1C(=O)N1CCC(c2ncc[nH]2)CC1. The number of H-pyrrole nitrogens is 1. The van der Waals surface area contributed by atoms with E-state index in [4.69, 9.17) is 5.73 Å². The lowest BCUT2D eigenvalue weighted by molar-refractivity contribution is -0.137. The molecule has 0 radical (unpaired) electrons. The van der Waals surface area contributed by atoms with Crippen LogP contribution >= 0.6 is 24.8 Å². The van der Waals surface area contributed by atoms with E-state index in [1.54, 1.807) is 6.20 Å². The maximum atomic E-state index is 12.6. The van der Waals surface area contributed by atoms with E-state index >= 15 is 0 Å². The predicted molar refractivity (Wildman–Crippen MR) is 91.5 cm³/mol. The van der Waals surface area contributed by atoms with E-state index in [9.17, 15) is 4.79 Å². The maximum Gasteiger partial charge on any atom is 0.226 e. The number of halogens is 2. The summed E-state index contributed by atoms with van der Waals surface area (Å²) in [5.41, 5.74) is 5.79. The van der Waals surface area contributed by atoms with Gasteiger partial charge in [-0.3, -0.25) is 4.79 Å². The second-order valence-electron chi connectivity index (χ2n) is 6.11. The Morgan fingerprint density at radius 1 is 1.27 bits per heavy atom. The highest BCUT2D eigenvalue weighted by Crippen LogP contribution is 2.34. The van der Waals surface area contributed by atoms with Gasteiger partial charge in [-0.25, -0.2) is 4.98 Å². The number of nitrogens with two attached hydrogens (primary N) is 1. The van der Waals surface area contributed by atoms with Crippen LogP contribution in [0.5, 0.6) is 0 Å². The number of nitrogens with zero attached hydrogens (tertiary/aromatic N) is 2. The van der Waals surface area contributed by atoms with Crippen LogP contribution in [0.25, 0.3) is 0 Å². The van der Waals surface area contributed by atoms with Crippen molar-refractivity contribution < 1.29 is 4.79 Å². The highest BCUT2D eigenvalue weighted by molar-refractivity contribution is 5.85. The van der Waals surface area contributed by atoms with E-state index < -0.39 is 0 Å². The fourth-order valence-corrected chi connectivity index (χ4v) is 3.75. The molecule has 1 aromatic rings. The summed E-state index contributed by atoms with van der Waals surface area (Å²) in [6, 6.07) is 0. The summed E-state index contributed by atoms with van der Waals surface area (Å²) in [5.74, 6) is 2.47. The first kappa shape index (κ1) is 19.3. The molecule has 2 atom stereocenters. The van der Waals surface area contributed by atoms with E-state index in [-0.39, 0.29) is 30.7 Å². The molecule has 0 aromatic carbocycles. The summed E-state index contributed by atoms with van der Waals surface area (Å²) in [4.78, 5) is 22.2. The van der Waals surface area contributed by atoms with Gasteiger partial charge in [0.05, 0.1) is 0 Å². The van der Waals surface area contributed by atoms with Gasteiger partial charge in [0.2, 0.25) is 5.91 Å². The molecule has 7 heteroatoms. The molecule has 1 aromatic heterocycles. The van der Waals surface area contributed by atoms with Crippen LogP contribution in [0.4, 0.5) is 0 Å². The van der Waals surface area contributed by atoms with Gasteiger partial charge in [-0.1, -0.05) is 6.42 Å². The summed E-state index contributed by atoms with van der Waals surface area (Å²) >= 11 is 0. The van der Waals surface area contributed by atoms with Crippen LogP contribution in [-0.2, 0) is 4.79 Å². The minimum absolute atomic E-state index is 0. The monoisotopic (exact) mass is 348 g/mol.